The van der Waals surface area contributed by atoms with Gasteiger partial charge < -0.3 is 30.5 Å². The lowest BCUT2D eigenvalue weighted by Crippen LogP contribution is -2.28. The standard InChI is InChI=1S/C14H15NO6/c15-14(19)11-7(6-1-2-8(16)9(17)3-6)4-10-13(12(11)18)21-5-20-10/h1,4,8-9,16-18H,2-3,5H2,(H2,15,19)/t8-,9+/m1/s1. The minimum Gasteiger partial charge on any atom is -0.504 e. The van der Waals surface area contributed by atoms with Gasteiger partial charge in [0.25, 0.3) is 5.91 Å². The van der Waals surface area contributed by atoms with E-state index in [-0.39, 0.29) is 36.7 Å². The Kier molecular flexibility index (Phi) is 3.23. The number of aliphatic hydroxyl groups excluding tert-OH is 2. The minimum absolute atomic E-state index is 0.0507. The summed E-state index contributed by atoms with van der Waals surface area (Å²) in [6, 6.07) is 1.55. The number of rotatable bonds is 2. The van der Waals surface area contributed by atoms with E-state index in [0.29, 0.717) is 16.9 Å². The van der Waals surface area contributed by atoms with Gasteiger partial charge in [-0.2, -0.15) is 0 Å². The number of benzene rings is 1. The van der Waals surface area contributed by atoms with Crippen LogP contribution in [0.25, 0.3) is 5.57 Å². The average molecular weight is 293 g/mol. The summed E-state index contributed by atoms with van der Waals surface area (Å²) >= 11 is 0. The molecule has 1 aromatic carbocycles. The zero-order valence-electron chi connectivity index (χ0n) is 11.1. The van der Waals surface area contributed by atoms with Crippen LogP contribution in [0.1, 0.15) is 28.8 Å². The number of fused-ring (bicyclic) bond motifs is 1. The number of aromatic hydroxyl groups is 1. The van der Waals surface area contributed by atoms with Crippen molar-refractivity contribution in [3.8, 4) is 17.2 Å². The topological polar surface area (TPSA) is 122 Å². The maximum Gasteiger partial charge on any atom is 0.253 e. The summed E-state index contributed by atoms with van der Waals surface area (Å²) in [4.78, 5) is 11.7. The van der Waals surface area contributed by atoms with E-state index in [4.69, 9.17) is 15.2 Å². The Bertz CT molecular complexity index is 639. The molecule has 0 fully saturated rings. The van der Waals surface area contributed by atoms with Crippen molar-refractivity contribution in [1.82, 2.24) is 0 Å². The monoisotopic (exact) mass is 293 g/mol. The van der Waals surface area contributed by atoms with Crippen LogP contribution >= 0.6 is 0 Å². The smallest absolute Gasteiger partial charge is 0.253 e. The van der Waals surface area contributed by atoms with Crippen LogP contribution in [0.5, 0.6) is 17.2 Å². The fourth-order valence-electron chi connectivity index (χ4n) is 2.61. The van der Waals surface area contributed by atoms with Gasteiger partial charge in [0.15, 0.2) is 11.5 Å². The van der Waals surface area contributed by atoms with E-state index in [1.54, 1.807) is 12.1 Å². The second kappa shape index (κ2) is 4.94. The van der Waals surface area contributed by atoms with Crippen LogP contribution in [0.4, 0.5) is 0 Å². The lowest BCUT2D eigenvalue weighted by molar-refractivity contribution is 0.0213. The number of carbonyl (C=O) groups is 1. The summed E-state index contributed by atoms with van der Waals surface area (Å²) < 4.78 is 10.3. The number of aliphatic hydroxyl groups is 2. The summed E-state index contributed by atoms with van der Waals surface area (Å²) in [5.74, 6) is -0.769. The number of hydrogen-bond donors (Lipinski definition) is 4. The molecule has 2 aliphatic rings. The van der Waals surface area contributed by atoms with E-state index in [1.165, 1.54) is 0 Å². The molecule has 112 valence electrons. The van der Waals surface area contributed by atoms with Crippen LogP contribution in [0.15, 0.2) is 12.1 Å². The molecule has 7 nitrogen and oxygen atoms in total. The first-order valence-corrected chi connectivity index (χ1v) is 6.50. The van der Waals surface area contributed by atoms with Crippen molar-refractivity contribution in [2.24, 2.45) is 5.73 Å². The highest BCUT2D eigenvalue weighted by Gasteiger charge is 2.30. The molecule has 0 saturated heterocycles. The molecule has 3 rings (SSSR count). The highest BCUT2D eigenvalue weighted by molar-refractivity contribution is 6.02. The van der Waals surface area contributed by atoms with Crippen molar-refractivity contribution < 1.29 is 29.6 Å². The molecular weight excluding hydrogens is 278 g/mol. The summed E-state index contributed by atoms with van der Waals surface area (Å²) in [7, 11) is 0. The Morgan fingerprint density at radius 3 is 2.71 bits per heavy atom. The first kappa shape index (κ1) is 13.7. The molecule has 2 atom stereocenters. The van der Waals surface area contributed by atoms with E-state index < -0.39 is 18.1 Å². The van der Waals surface area contributed by atoms with Crippen molar-refractivity contribution in [1.29, 1.82) is 0 Å². The van der Waals surface area contributed by atoms with Crippen molar-refractivity contribution in [2.75, 3.05) is 6.79 Å². The first-order valence-electron chi connectivity index (χ1n) is 6.50. The molecule has 21 heavy (non-hydrogen) atoms. The van der Waals surface area contributed by atoms with Crippen LogP contribution in [-0.2, 0) is 0 Å². The highest BCUT2D eigenvalue weighted by atomic mass is 16.7. The SMILES string of the molecule is NC(=O)c1c(C2=CC[C@@H](O)[C@@H](O)C2)cc2c(c1O)OCO2. The minimum atomic E-state index is -0.932. The Morgan fingerprint density at radius 1 is 1.29 bits per heavy atom. The maximum absolute atomic E-state index is 11.7. The van der Waals surface area contributed by atoms with Gasteiger partial charge >= 0.3 is 0 Å². The van der Waals surface area contributed by atoms with Gasteiger partial charge in [-0.1, -0.05) is 6.08 Å². The van der Waals surface area contributed by atoms with E-state index in [9.17, 15) is 20.1 Å². The second-order valence-electron chi connectivity index (χ2n) is 5.05. The molecule has 1 aromatic rings. The molecule has 0 radical (unpaired) electrons. The van der Waals surface area contributed by atoms with Crippen molar-refractivity contribution in [3.63, 3.8) is 0 Å². The predicted octanol–water partition coefficient (Wildman–Crippen LogP) is 0.119. The van der Waals surface area contributed by atoms with Crippen LogP contribution < -0.4 is 15.2 Å². The molecule has 7 heteroatoms. The largest absolute Gasteiger partial charge is 0.504 e. The Balaban J connectivity index is 2.14. The zero-order valence-corrected chi connectivity index (χ0v) is 11.1. The van der Waals surface area contributed by atoms with Crippen LogP contribution in [0.3, 0.4) is 0 Å². The molecule has 0 unspecified atom stereocenters. The van der Waals surface area contributed by atoms with Gasteiger partial charge in [0.05, 0.1) is 17.8 Å². The molecule has 0 spiro atoms. The Hall–Kier alpha value is -2.25. The van der Waals surface area contributed by atoms with Gasteiger partial charge in [-0.25, -0.2) is 0 Å². The van der Waals surface area contributed by atoms with E-state index in [1.807, 2.05) is 0 Å². The predicted molar refractivity (Wildman–Crippen MR) is 72.0 cm³/mol. The number of hydrogen-bond acceptors (Lipinski definition) is 6. The second-order valence-corrected chi connectivity index (χ2v) is 5.05. The molecule has 0 aromatic heterocycles. The maximum atomic E-state index is 11.7. The van der Waals surface area contributed by atoms with Crippen molar-refractivity contribution in [3.05, 3.63) is 23.3 Å². The van der Waals surface area contributed by atoms with E-state index in [2.05, 4.69) is 0 Å². The van der Waals surface area contributed by atoms with Gasteiger partial charge in [-0.05, 0) is 23.6 Å². The van der Waals surface area contributed by atoms with Crippen LogP contribution in [0.2, 0.25) is 0 Å². The van der Waals surface area contributed by atoms with Gasteiger partial charge in [0, 0.05) is 6.42 Å². The average Bonchev–Trinajstić information content (AvgIpc) is 2.90. The number of ether oxygens (including phenoxy) is 2. The summed E-state index contributed by atoms with van der Waals surface area (Å²) in [5.41, 5.74) is 6.27. The lowest BCUT2D eigenvalue weighted by Gasteiger charge is -2.25. The van der Waals surface area contributed by atoms with Gasteiger partial charge in [-0.15, -0.1) is 0 Å². The molecule has 1 aliphatic carbocycles. The van der Waals surface area contributed by atoms with E-state index in [0.717, 1.165) is 0 Å². The zero-order chi connectivity index (χ0) is 15.1. The number of phenols is 1. The third-order valence-corrected chi connectivity index (χ3v) is 3.71. The summed E-state index contributed by atoms with van der Waals surface area (Å²) in [5, 5.41) is 29.5. The van der Waals surface area contributed by atoms with Gasteiger partial charge in [0.1, 0.15) is 0 Å². The Labute approximate surface area is 120 Å². The van der Waals surface area contributed by atoms with Crippen LogP contribution in [0, 0.1) is 0 Å². The molecular formula is C14H15NO6. The molecule has 1 heterocycles. The lowest BCUT2D eigenvalue weighted by atomic mass is 9.87. The van der Waals surface area contributed by atoms with Crippen LogP contribution in [-0.4, -0.2) is 40.2 Å². The number of nitrogens with two attached hydrogens (primary N) is 1. The molecule has 5 N–H and O–H groups in total. The third-order valence-electron chi connectivity index (χ3n) is 3.71. The number of carbonyl (C=O) groups excluding carboxylic acids is 1. The number of amides is 1. The summed E-state index contributed by atoms with van der Waals surface area (Å²) in [6.07, 6.45) is 0.345. The molecule has 1 aliphatic heterocycles. The first-order chi connectivity index (χ1) is 9.99. The fraction of sp³-hybridized carbons (Fsp3) is 0.357. The van der Waals surface area contributed by atoms with E-state index >= 15 is 0 Å². The summed E-state index contributed by atoms with van der Waals surface area (Å²) in [6.45, 7) is -0.0507. The highest BCUT2D eigenvalue weighted by Crippen LogP contribution is 2.46. The number of primary amides is 1. The van der Waals surface area contributed by atoms with Gasteiger partial charge in [0.2, 0.25) is 12.5 Å². The molecule has 0 saturated carbocycles. The third kappa shape index (κ3) is 2.20. The fourth-order valence-corrected chi connectivity index (χ4v) is 2.61. The Morgan fingerprint density at radius 2 is 2.05 bits per heavy atom. The normalized spacial score (nSPS) is 23.8. The van der Waals surface area contributed by atoms with Gasteiger partial charge in [-0.3, -0.25) is 4.79 Å². The van der Waals surface area contributed by atoms with Crippen molar-refractivity contribution >= 4 is 11.5 Å². The molecule has 0 bridgehead atoms. The van der Waals surface area contributed by atoms with Crippen molar-refractivity contribution in [2.45, 2.75) is 25.0 Å². The molecule has 1 amide bonds. The quantitative estimate of drug-likeness (QED) is 0.614.